The van der Waals surface area contributed by atoms with Gasteiger partial charge in [-0.25, -0.2) is 14.0 Å². The van der Waals surface area contributed by atoms with Crippen LogP contribution in [0.1, 0.15) is 36.7 Å². The highest BCUT2D eigenvalue weighted by Gasteiger charge is 2.24. The van der Waals surface area contributed by atoms with Crippen LogP contribution in [0.5, 0.6) is 0 Å². The summed E-state index contributed by atoms with van der Waals surface area (Å²) < 4.78 is 18.7. The molecule has 1 unspecified atom stereocenters. The summed E-state index contributed by atoms with van der Waals surface area (Å²) in [6.07, 6.45) is -1.07. The van der Waals surface area contributed by atoms with Gasteiger partial charge in [0.1, 0.15) is 17.5 Å². The summed E-state index contributed by atoms with van der Waals surface area (Å²) in [7, 11) is 0. The first-order valence-corrected chi connectivity index (χ1v) is 6.80. The smallest absolute Gasteiger partial charge is 0.408 e. The predicted molar refractivity (Wildman–Crippen MR) is 79.4 cm³/mol. The van der Waals surface area contributed by atoms with Crippen LogP contribution in [0.4, 0.5) is 9.18 Å². The standard InChI is InChI=1S/C15H19FN2O5/c1-15(2,3)23-14(22)18-11(13(20)21)7-8-4-5-9(12(17)19)10(16)6-8/h4-6,11H,7H2,1-3H3,(H2,17,19)(H,18,22)(H,20,21). The van der Waals surface area contributed by atoms with Crippen LogP contribution in [0.15, 0.2) is 18.2 Å². The van der Waals surface area contributed by atoms with Crippen molar-refractivity contribution in [1.29, 1.82) is 0 Å². The van der Waals surface area contributed by atoms with Crippen molar-refractivity contribution in [3.05, 3.63) is 35.1 Å². The topological polar surface area (TPSA) is 119 Å². The maximum atomic E-state index is 13.7. The van der Waals surface area contributed by atoms with E-state index in [0.29, 0.717) is 0 Å². The molecule has 0 fully saturated rings. The second-order valence-electron chi connectivity index (χ2n) is 5.92. The molecule has 8 heteroatoms. The summed E-state index contributed by atoms with van der Waals surface area (Å²) in [5.74, 6) is -3.07. The molecule has 7 nitrogen and oxygen atoms in total. The molecule has 4 N–H and O–H groups in total. The number of nitrogens with two attached hydrogens (primary N) is 1. The van der Waals surface area contributed by atoms with Gasteiger partial charge in [-0.15, -0.1) is 0 Å². The Morgan fingerprint density at radius 1 is 1.35 bits per heavy atom. The number of hydrogen-bond acceptors (Lipinski definition) is 4. The number of benzene rings is 1. The zero-order valence-electron chi connectivity index (χ0n) is 13.1. The van der Waals surface area contributed by atoms with Gasteiger partial charge in [0, 0.05) is 6.42 Å². The molecule has 0 saturated carbocycles. The molecule has 1 rings (SSSR count). The van der Waals surface area contributed by atoms with Crippen LogP contribution in [-0.4, -0.2) is 34.7 Å². The number of aliphatic carboxylic acids is 1. The number of carboxylic acid groups (broad SMARTS) is 1. The predicted octanol–water partition coefficient (Wildman–Crippen LogP) is 1.45. The number of halogens is 1. The zero-order valence-corrected chi connectivity index (χ0v) is 13.1. The first-order chi connectivity index (χ1) is 10.5. The zero-order chi connectivity index (χ0) is 17.8. The Morgan fingerprint density at radius 3 is 2.39 bits per heavy atom. The highest BCUT2D eigenvalue weighted by Crippen LogP contribution is 2.13. The van der Waals surface area contributed by atoms with Crippen LogP contribution in [0, 0.1) is 5.82 Å². The van der Waals surface area contributed by atoms with Crippen molar-refractivity contribution in [2.75, 3.05) is 0 Å². The number of amides is 2. The van der Waals surface area contributed by atoms with E-state index in [4.69, 9.17) is 15.6 Å². The molecule has 0 spiro atoms. The lowest BCUT2D eigenvalue weighted by atomic mass is 10.0. The Labute approximate surface area is 132 Å². The highest BCUT2D eigenvalue weighted by molar-refractivity contribution is 5.93. The number of carboxylic acids is 1. The average molecular weight is 326 g/mol. The number of ether oxygens (including phenoxy) is 1. The summed E-state index contributed by atoms with van der Waals surface area (Å²) in [4.78, 5) is 33.8. The largest absolute Gasteiger partial charge is 0.480 e. The van der Waals surface area contributed by atoms with E-state index in [-0.39, 0.29) is 17.5 Å². The number of carbonyl (C=O) groups excluding carboxylic acids is 2. The molecular formula is C15H19FN2O5. The molecule has 126 valence electrons. The van der Waals surface area contributed by atoms with E-state index >= 15 is 0 Å². The number of primary amides is 1. The van der Waals surface area contributed by atoms with E-state index in [1.54, 1.807) is 20.8 Å². The molecule has 0 aliphatic carbocycles. The third-order valence-electron chi connectivity index (χ3n) is 2.73. The summed E-state index contributed by atoms with van der Waals surface area (Å²) in [6.45, 7) is 4.92. The summed E-state index contributed by atoms with van der Waals surface area (Å²) in [5.41, 5.74) is 4.21. The minimum Gasteiger partial charge on any atom is -0.480 e. The quantitative estimate of drug-likeness (QED) is 0.756. The van der Waals surface area contributed by atoms with Gasteiger partial charge in [0.15, 0.2) is 0 Å². The van der Waals surface area contributed by atoms with Crippen molar-refractivity contribution in [1.82, 2.24) is 5.32 Å². The van der Waals surface area contributed by atoms with E-state index in [1.165, 1.54) is 12.1 Å². The Hall–Kier alpha value is -2.64. The fourth-order valence-corrected chi connectivity index (χ4v) is 1.77. The molecule has 0 radical (unpaired) electrons. The van der Waals surface area contributed by atoms with Crippen LogP contribution in [-0.2, 0) is 16.0 Å². The van der Waals surface area contributed by atoms with Crippen LogP contribution in [0.25, 0.3) is 0 Å². The average Bonchev–Trinajstić information content (AvgIpc) is 2.35. The molecule has 0 heterocycles. The van der Waals surface area contributed by atoms with Gasteiger partial charge in [0.25, 0.3) is 5.91 Å². The van der Waals surface area contributed by atoms with E-state index in [9.17, 15) is 18.8 Å². The third-order valence-corrected chi connectivity index (χ3v) is 2.73. The molecule has 0 aromatic heterocycles. The van der Waals surface area contributed by atoms with Gasteiger partial charge in [-0.05, 0) is 38.5 Å². The summed E-state index contributed by atoms with van der Waals surface area (Å²) in [6, 6.07) is 2.24. The SMILES string of the molecule is CC(C)(C)OC(=O)NC(Cc1ccc(C(N)=O)c(F)c1)C(=O)O. The van der Waals surface area contributed by atoms with Crippen molar-refractivity contribution >= 4 is 18.0 Å². The molecule has 23 heavy (non-hydrogen) atoms. The van der Waals surface area contributed by atoms with Gasteiger partial charge in [0.05, 0.1) is 5.56 Å². The van der Waals surface area contributed by atoms with Crippen LogP contribution < -0.4 is 11.1 Å². The molecule has 1 atom stereocenters. The first-order valence-electron chi connectivity index (χ1n) is 6.80. The van der Waals surface area contributed by atoms with E-state index in [2.05, 4.69) is 5.32 Å². The summed E-state index contributed by atoms with van der Waals surface area (Å²) in [5, 5.41) is 11.4. The fraction of sp³-hybridized carbons (Fsp3) is 0.400. The molecule has 0 bridgehead atoms. The molecule has 0 aliphatic heterocycles. The molecule has 1 aromatic carbocycles. The lowest BCUT2D eigenvalue weighted by molar-refractivity contribution is -0.139. The monoisotopic (exact) mass is 326 g/mol. The van der Waals surface area contributed by atoms with Crippen LogP contribution in [0.2, 0.25) is 0 Å². The third kappa shape index (κ3) is 5.93. The van der Waals surface area contributed by atoms with Gasteiger partial charge >= 0.3 is 12.1 Å². The van der Waals surface area contributed by atoms with Gasteiger partial charge in [-0.2, -0.15) is 0 Å². The second kappa shape index (κ2) is 7.08. The maximum absolute atomic E-state index is 13.7. The Balaban J connectivity index is 2.85. The Bertz CT molecular complexity index is 625. The molecule has 1 aromatic rings. The van der Waals surface area contributed by atoms with Crippen molar-refractivity contribution < 1.29 is 28.6 Å². The number of carbonyl (C=O) groups is 3. The normalized spacial score (nSPS) is 12.3. The minimum atomic E-state index is -1.30. The van der Waals surface area contributed by atoms with Gasteiger partial charge in [-0.1, -0.05) is 6.07 Å². The Morgan fingerprint density at radius 2 is 1.96 bits per heavy atom. The fourth-order valence-electron chi connectivity index (χ4n) is 1.77. The molecule has 0 aliphatic rings. The van der Waals surface area contributed by atoms with Crippen LogP contribution in [0.3, 0.4) is 0 Å². The molecule has 2 amide bonds. The van der Waals surface area contributed by atoms with E-state index in [1.807, 2.05) is 0 Å². The number of rotatable bonds is 5. The van der Waals surface area contributed by atoms with Crippen molar-refractivity contribution in [3.8, 4) is 0 Å². The molecule has 0 saturated heterocycles. The summed E-state index contributed by atoms with van der Waals surface area (Å²) >= 11 is 0. The number of hydrogen-bond donors (Lipinski definition) is 3. The second-order valence-corrected chi connectivity index (χ2v) is 5.92. The van der Waals surface area contributed by atoms with Gasteiger partial charge in [-0.3, -0.25) is 4.79 Å². The van der Waals surface area contributed by atoms with E-state index in [0.717, 1.165) is 6.07 Å². The number of nitrogens with one attached hydrogen (secondary N) is 1. The van der Waals surface area contributed by atoms with Crippen molar-refractivity contribution in [2.45, 2.75) is 38.8 Å². The van der Waals surface area contributed by atoms with Gasteiger partial charge in [0.2, 0.25) is 0 Å². The minimum absolute atomic E-state index is 0.176. The Kier molecular flexibility index (Phi) is 5.67. The van der Waals surface area contributed by atoms with Crippen molar-refractivity contribution in [3.63, 3.8) is 0 Å². The lowest BCUT2D eigenvalue weighted by Gasteiger charge is -2.22. The van der Waals surface area contributed by atoms with Gasteiger partial charge < -0.3 is 20.9 Å². The highest BCUT2D eigenvalue weighted by atomic mass is 19.1. The lowest BCUT2D eigenvalue weighted by Crippen LogP contribution is -2.44. The maximum Gasteiger partial charge on any atom is 0.408 e. The number of alkyl carbamates (subject to hydrolysis) is 1. The molecular weight excluding hydrogens is 307 g/mol. The van der Waals surface area contributed by atoms with Crippen molar-refractivity contribution in [2.24, 2.45) is 5.73 Å². The van der Waals surface area contributed by atoms with Crippen LogP contribution >= 0.6 is 0 Å². The first kappa shape index (κ1) is 18.4. The van der Waals surface area contributed by atoms with E-state index < -0.39 is 35.4 Å².